The molecule has 98 valence electrons. The Bertz CT molecular complexity index is 321. The summed E-state index contributed by atoms with van der Waals surface area (Å²) in [5, 5.41) is 1.67. The highest BCUT2D eigenvalue weighted by Crippen LogP contribution is 2.33. The van der Waals surface area contributed by atoms with Gasteiger partial charge in [-0.15, -0.1) is 5.06 Å². The first-order chi connectivity index (χ1) is 7.69. The van der Waals surface area contributed by atoms with Crippen LogP contribution in [0.2, 0.25) is 0 Å². The Morgan fingerprint density at radius 2 is 2.06 bits per heavy atom. The van der Waals surface area contributed by atoms with Gasteiger partial charge in [0, 0.05) is 0 Å². The second-order valence-electron chi connectivity index (χ2n) is 6.16. The van der Waals surface area contributed by atoms with Crippen molar-refractivity contribution in [3.63, 3.8) is 0 Å². The van der Waals surface area contributed by atoms with E-state index >= 15 is 0 Å². The fraction of sp³-hybridized carbons (Fsp3) is 0.917. The molecule has 2 aliphatic heterocycles. The molecule has 1 unspecified atom stereocenters. The van der Waals surface area contributed by atoms with Crippen LogP contribution < -0.4 is 0 Å². The minimum atomic E-state index is -0.521. The van der Waals surface area contributed by atoms with E-state index in [0.29, 0.717) is 6.61 Å². The second kappa shape index (κ2) is 3.93. The molecular formula is C12H21NO4. The van der Waals surface area contributed by atoms with Crippen LogP contribution in [-0.4, -0.2) is 42.1 Å². The van der Waals surface area contributed by atoms with Crippen LogP contribution in [-0.2, 0) is 19.1 Å². The number of ether oxygens (including phenoxy) is 2. The molecular weight excluding hydrogens is 222 g/mol. The van der Waals surface area contributed by atoms with E-state index in [9.17, 15) is 4.79 Å². The molecule has 2 rings (SSSR count). The quantitative estimate of drug-likeness (QED) is 0.685. The van der Waals surface area contributed by atoms with E-state index in [1.54, 1.807) is 5.06 Å². The van der Waals surface area contributed by atoms with Crippen molar-refractivity contribution < 1.29 is 19.1 Å². The third-order valence-corrected chi connectivity index (χ3v) is 2.88. The molecule has 3 atom stereocenters. The standard InChI is InChI=1S/C12H21NO4/c1-11(2,3)10(14)17-13-6-8(13)9-7-15-12(4,5)16-9/h8-9H,6-7H2,1-5H3/t8-,9-,13?/m1/s1. The maximum Gasteiger partial charge on any atom is 0.330 e. The van der Waals surface area contributed by atoms with Gasteiger partial charge in [0.05, 0.1) is 24.6 Å². The van der Waals surface area contributed by atoms with Crippen LogP contribution in [0, 0.1) is 5.41 Å². The van der Waals surface area contributed by atoms with E-state index in [0.717, 1.165) is 6.54 Å². The molecule has 5 heteroatoms. The van der Waals surface area contributed by atoms with Crippen LogP contribution >= 0.6 is 0 Å². The van der Waals surface area contributed by atoms with Gasteiger partial charge < -0.3 is 14.3 Å². The normalized spacial score (nSPS) is 35.7. The Hall–Kier alpha value is -0.650. The number of nitrogens with zero attached hydrogens (tertiary/aromatic N) is 1. The fourth-order valence-corrected chi connectivity index (χ4v) is 1.69. The van der Waals surface area contributed by atoms with Gasteiger partial charge >= 0.3 is 5.97 Å². The lowest BCUT2D eigenvalue weighted by atomic mass is 9.98. The molecule has 0 aliphatic carbocycles. The van der Waals surface area contributed by atoms with Gasteiger partial charge in [-0.25, -0.2) is 4.79 Å². The second-order valence-corrected chi connectivity index (χ2v) is 6.16. The molecule has 0 N–H and O–H groups in total. The van der Waals surface area contributed by atoms with Crippen molar-refractivity contribution in [2.75, 3.05) is 13.2 Å². The zero-order valence-corrected chi connectivity index (χ0v) is 11.1. The Balaban J connectivity index is 1.80. The Kier molecular flexibility index (Phi) is 2.96. The number of rotatable bonds is 2. The minimum absolute atomic E-state index is 0.00207. The van der Waals surface area contributed by atoms with E-state index in [-0.39, 0.29) is 18.1 Å². The van der Waals surface area contributed by atoms with Crippen LogP contribution in [0.15, 0.2) is 0 Å². The van der Waals surface area contributed by atoms with Crippen molar-refractivity contribution in [2.24, 2.45) is 5.41 Å². The highest BCUT2D eigenvalue weighted by molar-refractivity contribution is 5.75. The molecule has 0 aromatic carbocycles. The van der Waals surface area contributed by atoms with E-state index in [4.69, 9.17) is 14.3 Å². The molecule has 2 saturated heterocycles. The highest BCUT2D eigenvalue weighted by atomic mass is 16.8. The van der Waals surface area contributed by atoms with Gasteiger partial charge in [0.25, 0.3) is 0 Å². The third-order valence-electron chi connectivity index (χ3n) is 2.88. The molecule has 0 radical (unpaired) electrons. The molecule has 0 amide bonds. The largest absolute Gasteiger partial charge is 0.367 e. The predicted octanol–water partition coefficient (Wildman–Crippen LogP) is 1.33. The van der Waals surface area contributed by atoms with Crippen molar-refractivity contribution in [3.05, 3.63) is 0 Å². The Morgan fingerprint density at radius 1 is 1.41 bits per heavy atom. The molecule has 2 heterocycles. The number of carbonyl (C=O) groups excluding carboxylic acids is 1. The lowest BCUT2D eigenvalue weighted by Gasteiger charge is -2.18. The smallest absolute Gasteiger partial charge is 0.330 e. The van der Waals surface area contributed by atoms with E-state index < -0.39 is 11.2 Å². The topological polar surface area (TPSA) is 47.8 Å². The SMILES string of the molecule is CC1(C)OC[C@H]([C@H]2CN2OC(=O)C(C)(C)C)O1. The Labute approximate surface area is 102 Å². The minimum Gasteiger partial charge on any atom is -0.367 e. The zero-order valence-electron chi connectivity index (χ0n) is 11.1. The summed E-state index contributed by atoms with van der Waals surface area (Å²) in [7, 11) is 0. The van der Waals surface area contributed by atoms with Crippen molar-refractivity contribution in [1.82, 2.24) is 5.06 Å². The Morgan fingerprint density at radius 3 is 2.53 bits per heavy atom. The first kappa shape index (κ1) is 12.8. The van der Waals surface area contributed by atoms with Gasteiger partial charge in [-0.1, -0.05) is 0 Å². The molecule has 0 spiro atoms. The molecule has 0 aromatic rings. The summed E-state index contributed by atoms with van der Waals surface area (Å²) in [5.74, 6) is -0.731. The van der Waals surface area contributed by atoms with E-state index in [1.165, 1.54) is 0 Å². The van der Waals surface area contributed by atoms with Gasteiger partial charge in [0.15, 0.2) is 5.79 Å². The molecule has 2 aliphatic rings. The van der Waals surface area contributed by atoms with Crippen LogP contribution in [0.5, 0.6) is 0 Å². The highest BCUT2D eigenvalue weighted by Gasteiger charge is 2.50. The summed E-state index contributed by atoms with van der Waals surface area (Å²) < 4.78 is 11.2. The number of hydroxylamine groups is 2. The maximum atomic E-state index is 11.7. The van der Waals surface area contributed by atoms with Crippen LogP contribution in [0.25, 0.3) is 0 Å². The van der Waals surface area contributed by atoms with Gasteiger partial charge in [-0.3, -0.25) is 0 Å². The van der Waals surface area contributed by atoms with Crippen LogP contribution in [0.3, 0.4) is 0 Å². The van der Waals surface area contributed by atoms with Crippen LogP contribution in [0.4, 0.5) is 0 Å². The molecule has 0 aromatic heterocycles. The summed E-state index contributed by atoms with van der Waals surface area (Å²) in [5.41, 5.74) is -0.473. The van der Waals surface area contributed by atoms with Crippen LogP contribution in [0.1, 0.15) is 34.6 Å². The fourth-order valence-electron chi connectivity index (χ4n) is 1.69. The maximum absolute atomic E-state index is 11.7. The first-order valence-electron chi connectivity index (χ1n) is 6.00. The third kappa shape index (κ3) is 2.97. The zero-order chi connectivity index (χ0) is 12.8. The van der Waals surface area contributed by atoms with E-state index in [2.05, 4.69) is 0 Å². The molecule has 17 heavy (non-hydrogen) atoms. The molecule has 0 saturated carbocycles. The van der Waals surface area contributed by atoms with Crippen molar-refractivity contribution in [2.45, 2.75) is 52.6 Å². The summed E-state index contributed by atoms with van der Waals surface area (Å²) in [6.45, 7) is 10.6. The lowest BCUT2D eigenvalue weighted by Crippen LogP contribution is -2.29. The molecule has 5 nitrogen and oxygen atoms in total. The summed E-state index contributed by atoms with van der Waals surface area (Å²) in [6.07, 6.45) is -0.00207. The van der Waals surface area contributed by atoms with Gasteiger partial charge in [0.1, 0.15) is 6.10 Å². The lowest BCUT2D eigenvalue weighted by molar-refractivity contribution is -0.182. The molecule has 0 bridgehead atoms. The van der Waals surface area contributed by atoms with E-state index in [1.807, 2.05) is 34.6 Å². The average molecular weight is 243 g/mol. The average Bonchev–Trinajstić information content (AvgIpc) is 2.81. The summed E-state index contributed by atoms with van der Waals surface area (Å²) in [4.78, 5) is 16.9. The van der Waals surface area contributed by atoms with Crippen molar-refractivity contribution in [3.8, 4) is 0 Å². The van der Waals surface area contributed by atoms with Crippen molar-refractivity contribution in [1.29, 1.82) is 0 Å². The van der Waals surface area contributed by atoms with Crippen molar-refractivity contribution >= 4 is 5.97 Å². The number of carbonyl (C=O) groups is 1. The first-order valence-corrected chi connectivity index (χ1v) is 6.00. The number of hydrogen-bond acceptors (Lipinski definition) is 5. The molecule has 2 fully saturated rings. The van der Waals surface area contributed by atoms with Gasteiger partial charge in [-0.05, 0) is 34.6 Å². The number of hydrogen-bond donors (Lipinski definition) is 0. The summed E-state index contributed by atoms with van der Waals surface area (Å²) in [6, 6.07) is 0.142. The monoisotopic (exact) mass is 243 g/mol. The van der Waals surface area contributed by atoms with Gasteiger partial charge in [0.2, 0.25) is 0 Å². The van der Waals surface area contributed by atoms with Gasteiger partial charge in [-0.2, -0.15) is 0 Å². The predicted molar refractivity (Wildman–Crippen MR) is 60.9 cm³/mol. The summed E-state index contributed by atoms with van der Waals surface area (Å²) >= 11 is 0.